The van der Waals surface area contributed by atoms with Crippen molar-refractivity contribution in [2.24, 2.45) is 10.7 Å². The van der Waals surface area contributed by atoms with Gasteiger partial charge in [-0.2, -0.15) is 13.2 Å². The molecule has 5 N–H and O–H groups in total. The molecular formula is C24H22F4N8O3. The van der Waals surface area contributed by atoms with Gasteiger partial charge in [0.25, 0.3) is 0 Å². The van der Waals surface area contributed by atoms with Crippen LogP contribution >= 0.6 is 0 Å². The fourth-order valence-electron chi connectivity index (χ4n) is 3.85. The molecule has 15 heteroatoms. The first-order valence-corrected chi connectivity index (χ1v) is 11.5. The van der Waals surface area contributed by atoms with Gasteiger partial charge in [0.2, 0.25) is 5.91 Å². The average Bonchev–Trinajstić information content (AvgIpc) is 3.60. The predicted molar refractivity (Wildman–Crippen MR) is 131 cm³/mol. The van der Waals surface area contributed by atoms with Crippen molar-refractivity contribution in [1.29, 1.82) is 0 Å². The number of nitrogens with one attached hydrogen (secondary N) is 1. The normalized spacial score (nSPS) is 16.4. The molecule has 1 aliphatic heterocycles. The molecule has 3 heterocycles. The van der Waals surface area contributed by atoms with E-state index in [4.69, 9.17) is 16.0 Å². The number of aromatic nitrogens is 3. The van der Waals surface area contributed by atoms with Crippen molar-refractivity contribution in [2.45, 2.75) is 31.6 Å². The van der Waals surface area contributed by atoms with Crippen LogP contribution in [-0.4, -0.2) is 56.3 Å². The van der Waals surface area contributed by atoms with Crippen LogP contribution in [0, 0.1) is 5.82 Å². The van der Waals surface area contributed by atoms with Crippen LogP contribution in [0.4, 0.5) is 29.1 Å². The van der Waals surface area contributed by atoms with Gasteiger partial charge in [0.1, 0.15) is 29.5 Å². The summed E-state index contributed by atoms with van der Waals surface area (Å²) in [5.74, 6) is -3.65. The minimum atomic E-state index is -5.10. The molecule has 1 saturated heterocycles. The highest BCUT2D eigenvalue weighted by Gasteiger charge is 2.47. The Kier molecular flexibility index (Phi) is 7.88. The van der Waals surface area contributed by atoms with Gasteiger partial charge < -0.3 is 26.2 Å². The van der Waals surface area contributed by atoms with E-state index in [9.17, 15) is 27.2 Å². The number of hydrogen-bond donors (Lipinski definition) is 3. The standard InChI is InChI=1S/C24H22F4N8O3/c25-14-5-2-1-4-13(14)11-31-17(16-7-9-39-35-16)10-15(29)21-32-12-18(20(30)34-21)33-22(37)19-6-3-8-36(19)23(38)24(26,27)28/h1-2,4-5,7,9-10,12,19H,3,6,8,11,29H2,(H,33,37)(H2,30,32,34). The monoisotopic (exact) mass is 546 g/mol. The number of halogens is 4. The maximum atomic E-state index is 14.0. The summed E-state index contributed by atoms with van der Waals surface area (Å²) in [6, 6.07) is 6.31. The molecule has 1 fully saturated rings. The highest BCUT2D eigenvalue weighted by molar-refractivity contribution is 6.10. The average molecular weight is 546 g/mol. The summed E-state index contributed by atoms with van der Waals surface area (Å²) >= 11 is 0. The predicted octanol–water partition coefficient (Wildman–Crippen LogP) is 2.67. The summed E-state index contributed by atoms with van der Waals surface area (Å²) in [5.41, 5.74) is 12.9. The van der Waals surface area contributed by atoms with Gasteiger partial charge >= 0.3 is 12.1 Å². The summed E-state index contributed by atoms with van der Waals surface area (Å²) in [6.07, 6.45) is -0.979. The molecule has 0 aliphatic carbocycles. The Hall–Kier alpha value is -4.82. The number of amides is 2. The Labute approximate surface area is 218 Å². The largest absolute Gasteiger partial charge is 0.471 e. The zero-order chi connectivity index (χ0) is 28.2. The molecule has 11 nitrogen and oxygen atoms in total. The Balaban J connectivity index is 1.52. The molecule has 0 radical (unpaired) electrons. The van der Waals surface area contributed by atoms with E-state index in [0.717, 1.165) is 6.20 Å². The number of allylic oxidation sites excluding steroid dienone is 1. The van der Waals surface area contributed by atoms with E-state index in [0.29, 0.717) is 16.2 Å². The first-order chi connectivity index (χ1) is 18.5. The van der Waals surface area contributed by atoms with E-state index in [1.165, 1.54) is 24.5 Å². The van der Waals surface area contributed by atoms with Crippen molar-refractivity contribution in [3.8, 4) is 0 Å². The number of alkyl halides is 3. The van der Waals surface area contributed by atoms with Gasteiger partial charge in [-0.05, 0) is 25.0 Å². The van der Waals surface area contributed by atoms with Gasteiger partial charge in [-0.1, -0.05) is 23.4 Å². The van der Waals surface area contributed by atoms with Crippen LogP contribution < -0.4 is 16.8 Å². The van der Waals surface area contributed by atoms with Crippen LogP contribution in [0.5, 0.6) is 0 Å². The number of carbonyl (C=O) groups excluding carboxylic acids is 2. The number of nitrogens with zero attached hydrogens (tertiary/aromatic N) is 5. The van der Waals surface area contributed by atoms with Gasteiger partial charge in [0, 0.05) is 18.2 Å². The molecule has 1 aliphatic rings. The topological polar surface area (TPSA) is 166 Å². The van der Waals surface area contributed by atoms with Crippen molar-refractivity contribution in [3.63, 3.8) is 0 Å². The Morgan fingerprint density at radius 3 is 2.69 bits per heavy atom. The lowest BCUT2D eigenvalue weighted by atomic mass is 10.2. The molecule has 204 valence electrons. The lowest BCUT2D eigenvalue weighted by Gasteiger charge is -2.24. The van der Waals surface area contributed by atoms with E-state index < -0.39 is 29.8 Å². The quantitative estimate of drug-likeness (QED) is 0.301. The van der Waals surface area contributed by atoms with Crippen LogP contribution in [0.3, 0.4) is 0 Å². The van der Waals surface area contributed by atoms with Crippen LogP contribution in [0.25, 0.3) is 5.70 Å². The van der Waals surface area contributed by atoms with Crippen molar-refractivity contribution in [3.05, 3.63) is 71.8 Å². The summed E-state index contributed by atoms with van der Waals surface area (Å²) in [6.45, 7) is -0.226. The van der Waals surface area contributed by atoms with Crippen LogP contribution in [0.15, 0.2) is 58.4 Å². The maximum absolute atomic E-state index is 14.0. The van der Waals surface area contributed by atoms with E-state index in [1.54, 1.807) is 18.2 Å². The molecular weight excluding hydrogens is 524 g/mol. The smallest absolute Gasteiger partial charge is 0.396 e. The van der Waals surface area contributed by atoms with E-state index in [-0.39, 0.29) is 54.7 Å². The lowest BCUT2D eigenvalue weighted by molar-refractivity contribution is -0.186. The second kappa shape index (κ2) is 11.3. The third kappa shape index (κ3) is 6.37. The van der Waals surface area contributed by atoms with Crippen molar-refractivity contribution in [1.82, 2.24) is 20.0 Å². The molecule has 39 heavy (non-hydrogen) atoms. The number of likely N-dealkylation sites (tertiary alicyclic amines) is 1. The fraction of sp³-hybridized carbons (Fsp3) is 0.250. The lowest BCUT2D eigenvalue weighted by Crippen LogP contribution is -2.48. The summed E-state index contributed by atoms with van der Waals surface area (Å²) in [7, 11) is 0. The van der Waals surface area contributed by atoms with Crippen LogP contribution in [-0.2, 0) is 16.1 Å². The molecule has 0 spiro atoms. The zero-order valence-electron chi connectivity index (χ0n) is 20.2. The molecule has 2 amide bonds. The highest BCUT2D eigenvalue weighted by Crippen LogP contribution is 2.27. The minimum absolute atomic E-state index is 0.00685. The van der Waals surface area contributed by atoms with E-state index in [1.807, 2.05) is 0 Å². The molecule has 3 aromatic rings. The van der Waals surface area contributed by atoms with Gasteiger partial charge in [0.05, 0.1) is 24.2 Å². The number of carbonyl (C=O) groups is 2. The van der Waals surface area contributed by atoms with Gasteiger partial charge in [-0.3, -0.25) is 14.6 Å². The molecule has 1 atom stereocenters. The zero-order valence-corrected chi connectivity index (χ0v) is 20.2. The number of nitrogen functional groups attached to an aromatic ring is 1. The molecule has 0 bridgehead atoms. The Bertz CT molecular complexity index is 1420. The third-order valence-electron chi connectivity index (χ3n) is 5.76. The van der Waals surface area contributed by atoms with Crippen LogP contribution in [0.1, 0.15) is 29.9 Å². The van der Waals surface area contributed by atoms with Gasteiger partial charge in [-0.25, -0.2) is 14.4 Å². The fourth-order valence-corrected chi connectivity index (χ4v) is 3.85. The van der Waals surface area contributed by atoms with Crippen LogP contribution in [0.2, 0.25) is 0 Å². The molecule has 1 aromatic carbocycles. The van der Waals surface area contributed by atoms with Crippen molar-refractivity contribution in [2.75, 3.05) is 17.6 Å². The summed E-state index contributed by atoms with van der Waals surface area (Å²) in [5, 5.41) is 6.19. The summed E-state index contributed by atoms with van der Waals surface area (Å²) < 4.78 is 57.5. The summed E-state index contributed by atoms with van der Waals surface area (Å²) in [4.78, 5) is 37.2. The maximum Gasteiger partial charge on any atom is 0.471 e. The molecule has 2 aromatic heterocycles. The number of aliphatic imine (C=N–C) groups is 1. The second-order valence-corrected chi connectivity index (χ2v) is 8.41. The van der Waals surface area contributed by atoms with Gasteiger partial charge in [-0.15, -0.1) is 0 Å². The second-order valence-electron chi connectivity index (χ2n) is 8.41. The van der Waals surface area contributed by atoms with E-state index in [2.05, 4.69) is 25.4 Å². The van der Waals surface area contributed by atoms with Gasteiger partial charge in [0.15, 0.2) is 11.6 Å². The van der Waals surface area contributed by atoms with Crippen molar-refractivity contribution < 1.29 is 31.7 Å². The SMILES string of the molecule is NC(=CC(=NCc1ccccc1F)c1ccon1)c1ncc(NC(=O)C2CCCN2C(=O)C(F)(F)F)c(N)n1. The third-order valence-corrected chi connectivity index (χ3v) is 5.76. The molecule has 0 saturated carbocycles. The number of anilines is 2. The minimum Gasteiger partial charge on any atom is -0.396 e. The highest BCUT2D eigenvalue weighted by atomic mass is 19.4. The Morgan fingerprint density at radius 2 is 2.03 bits per heavy atom. The number of rotatable bonds is 7. The molecule has 4 rings (SSSR count). The van der Waals surface area contributed by atoms with E-state index >= 15 is 0 Å². The van der Waals surface area contributed by atoms with Crippen molar-refractivity contribution >= 4 is 34.7 Å². The first kappa shape index (κ1) is 27.2. The molecule has 1 unspecified atom stereocenters. The first-order valence-electron chi connectivity index (χ1n) is 11.5. The number of benzene rings is 1. The number of nitrogens with two attached hydrogens (primary N) is 2. The Morgan fingerprint density at radius 1 is 1.26 bits per heavy atom. The number of hydrogen-bond acceptors (Lipinski definition) is 9.